The quantitative estimate of drug-likeness (QED) is 0.887. The van der Waals surface area contributed by atoms with Crippen molar-refractivity contribution < 1.29 is 14.3 Å². The lowest BCUT2D eigenvalue weighted by atomic mass is 9.93. The maximum absolute atomic E-state index is 13.8. The number of nitrogens with one attached hydrogen (secondary N) is 1. The number of halogens is 1. The lowest BCUT2D eigenvalue weighted by Crippen LogP contribution is -2.50. The summed E-state index contributed by atoms with van der Waals surface area (Å²) < 4.78 is 13.8. The van der Waals surface area contributed by atoms with Crippen LogP contribution < -0.4 is 5.32 Å². The van der Waals surface area contributed by atoms with Crippen LogP contribution in [0.2, 0.25) is 0 Å². The molecule has 3 nitrogen and oxygen atoms in total. The van der Waals surface area contributed by atoms with Gasteiger partial charge in [-0.15, -0.1) is 0 Å². The Morgan fingerprint density at radius 1 is 1.14 bits per heavy atom. The largest absolute Gasteiger partial charge is 0.394 e. The van der Waals surface area contributed by atoms with E-state index in [0.29, 0.717) is 29.2 Å². The van der Waals surface area contributed by atoms with E-state index in [1.54, 1.807) is 24.3 Å². The van der Waals surface area contributed by atoms with Gasteiger partial charge >= 0.3 is 0 Å². The average Bonchev–Trinajstić information content (AvgIpc) is 2.53. The monoisotopic (exact) mass is 289 g/mol. The molecule has 0 unspecified atom stereocenters. The van der Waals surface area contributed by atoms with E-state index in [4.69, 9.17) is 0 Å². The van der Waals surface area contributed by atoms with Gasteiger partial charge in [-0.25, -0.2) is 4.39 Å². The molecule has 21 heavy (non-hydrogen) atoms. The summed E-state index contributed by atoms with van der Waals surface area (Å²) in [6.07, 6.45) is 1.26. The molecule has 4 heteroatoms. The molecule has 2 aromatic rings. The van der Waals surface area contributed by atoms with Gasteiger partial charge in [0.25, 0.3) is 5.91 Å². The van der Waals surface area contributed by atoms with Gasteiger partial charge in [-0.3, -0.25) is 4.79 Å². The van der Waals surface area contributed by atoms with E-state index < -0.39 is 5.54 Å². The smallest absolute Gasteiger partial charge is 0.252 e. The van der Waals surface area contributed by atoms with Crippen molar-refractivity contribution in [2.45, 2.75) is 32.2 Å². The van der Waals surface area contributed by atoms with Crippen molar-refractivity contribution in [1.29, 1.82) is 0 Å². The molecule has 0 bridgehead atoms. The fraction of sp³-hybridized carbons (Fsp3) is 0.353. The highest BCUT2D eigenvalue weighted by atomic mass is 19.1. The predicted octanol–water partition coefficient (Wildman–Crippen LogP) is 3.26. The second-order valence-electron chi connectivity index (χ2n) is 5.24. The van der Waals surface area contributed by atoms with E-state index in [1.807, 2.05) is 13.8 Å². The van der Waals surface area contributed by atoms with Gasteiger partial charge in [0.15, 0.2) is 0 Å². The minimum absolute atomic E-state index is 0.120. The first kappa shape index (κ1) is 15.4. The Labute approximate surface area is 123 Å². The predicted molar refractivity (Wildman–Crippen MR) is 81.8 cm³/mol. The summed E-state index contributed by atoms with van der Waals surface area (Å²) in [6, 6.07) is 9.68. The minimum Gasteiger partial charge on any atom is -0.394 e. The standard InChI is InChI=1S/C17H20FNO2/c1-3-17(4-2,11-20)19-16(21)14-9-10-15(18)13-8-6-5-7-12(13)14/h5-10,20H,3-4,11H2,1-2H3,(H,19,21). The summed E-state index contributed by atoms with van der Waals surface area (Å²) in [4.78, 5) is 12.5. The minimum atomic E-state index is -0.632. The summed E-state index contributed by atoms with van der Waals surface area (Å²) in [7, 11) is 0. The average molecular weight is 289 g/mol. The van der Waals surface area contributed by atoms with Crippen LogP contribution >= 0.6 is 0 Å². The molecule has 112 valence electrons. The molecule has 0 heterocycles. The van der Waals surface area contributed by atoms with Gasteiger partial charge in [0, 0.05) is 10.9 Å². The summed E-state index contributed by atoms with van der Waals surface area (Å²) in [5.74, 6) is -0.634. The molecule has 0 aliphatic heterocycles. The number of fused-ring (bicyclic) bond motifs is 1. The molecule has 0 aliphatic rings. The third-order valence-electron chi connectivity index (χ3n) is 4.15. The molecule has 2 N–H and O–H groups in total. The number of aliphatic hydroxyl groups excluding tert-OH is 1. The Balaban J connectivity index is 2.43. The molecule has 0 spiro atoms. The summed E-state index contributed by atoms with van der Waals surface area (Å²) in [5, 5.41) is 13.5. The van der Waals surface area contributed by atoms with Crippen LogP contribution in [0.1, 0.15) is 37.0 Å². The molecule has 0 fully saturated rings. The molecular formula is C17H20FNO2. The zero-order valence-corrected chi connectivity index (χ0v) is 12.3. The van der Waals surface area contributed by atoms with Crippen LogP contribution in [0.15, 0.2) is 36.4 Å². The van der Waals surface area contributed by atoms with Crippen molar-refractivity contribution in [1.82, 2.24) is 5.32 Å². The Morgan fingerprint density at radius 3 is 2.33 bits per heavy atom. The van der Waals surface area contributed by atoms with Gasteiger partial charge in [-0.05, 0) is 30.4 Å². The van der Waals surface area contributed by atoms with Crippen LogP contribution in [0.3, 0.4) is 0 Å². The number of carbonyl (C=O) groups excluding carboxylic acids is 1. The van der Waals surface area contributed by atoms with Crippen LogP contribution in [0.4, 0.5) is 4.39 Å². The molecule has 2 aromatic carbocycles. The van der Waals surface area contributed by atoms with Gasteiger partial charge in [-0.1, -0.05) is 38.1 Å². The number of hydrogen-bond donors (Lipinski definition) is 2. The van der Waals surface area contributed by atoms with Gasteiger partial charge in [-0.2, -0.15) is 0 Å². The highest BCUT2D eigenvalue weighted by Gasteiger charge is 2.28. The Kier molecular flexibility index (Phi) is 4.58. The van der Waals surface area contributed by atoms with Gasteiger partial charge in [0.2, 0.25) is 0 Å². The number of carbonyl (C=O) groups is 1. The molecule has 0 atom stereocenters. The van der Waals surface area contributed by atoms with Gasteiger partial charge < -0.3 is 10.4 Å². The van der Waals surface area contributed by atoms with Crippen molar-refractivity contribution in [3.8, 4) is 0 Å². The van der Waals surface area contributed by atoms with Crippen LogP contribution in [0.25, 0.3) is 10.8 Å². The lowest BCUT2D eigenvalue weighted by molar-refractivity contribution is 0.0819. The summed E-state index contributed by atoms with van der Waals surface area (Å²) in [6.45, 7) is 3.72. The fourth-order valence-corrected chi connectivity index (χ4v) is 2.46. The van der Waals surface area contributed by atoms with Crippen molar-refractivity contribution in [2.75, 3.05) is 6.61 Å². The second-order valence-corrected chi connectivity index (χ2v) is 5.24. The maximum Gasteiger partial charge on any atom is 0.252 e. The Hall–Kier alpha value is -1.94. The first-order chi connectivity index (χ1) is 10.1. The number of aliphatic hydroxyl groups is 1. The highest BCUT2D eigenvalue weighted by molar-refractivity contribution is 6.07. The second kappa shape index (κ2) is 6.22. The van der Waals surface area contributed by atoms with Crippen LogP contribution in [-0.2, 0) is 0 Å². The zero-order chi connectivity index (χ0) is 15.5. The molecule has 0 saturated carbocycles. The molecule has 2 rings (SSSR count). The third-order valence-corrected chi connectivity index (χ3v) is 4.15. The summed E-state index contributed by atoms with van der Waals surface area (Å²) in [5.41, 5.74) is -0.209. The molecule has 0 aromatic heterocycles. The number of amides is 1. The highest BCUT2D eigenvalue weighted by Crippen LogP contribution is 2.23. The molecule has 0 aliphatic carbocycles. The van der Waals surface area contributed by atoms with E-state index >= 15 is 0 Å². The third kappa shape index (κ3) is 2.90. The zero-order valence-electron chi connectivity index (χ0n) is 12.3. The van der Waals surface area contributed by atoms with E-state index in [1.165, 1.54) is 12.1 Å². The SMILES string of the molecule is CCC(CC)(CO)NC(=O)c1ccc(F)c2ccccc12. The Bertz CT molecular complexity index is 642. The van der Waals surface area contributed by atoms with Crippen molar-refractivity contribution >= 4 is 16.7 Å². The van der Waals surface area contributed by atoms with Gasteiger partial charge in [0.1, 0.15) is 5.82 Å². The number of benzene rings is 2. The first-order valence-corrected chi connectivity index (χ1v) is 7.17. The van der Waals surface area contributed by atoms with Crippen LogP contribution in [0, 0.1) is 5.82 Å². The van der Waals surface area contributed by atoms with E-state index in [2.05, 4.69) is 5.32 Å². The number of rotatable bonds is 5. The number of hydrogen-bond acceptors (Lipinski definition) is 2. The topological polar surface area (TPSA) is 49.3 Å². The van der Waals surface area contributed by atoms with Crippen LogP contribution in [0.5, 0.6) is 0 Å². The van der Waals surface area contributed by atoms with Crippen LogP contribution in [-0.4, -0.2) is 23.2 Å². The lowest BCUT2D eigenvalue weighted by Gasteiger charge is -2.31. The molecule has 1 amide bonds. The Morgan fingerprint density at radius 2 is 1.76 bits per heavy atom. The maximum atomic E-state index is 13.8. The van der Waals surface area contributed by atoms with Crippen molar-refractivity contribution in [2.24, 2.45) is 0 Å². The molecule has 0 radical (unpaired) electrons. The molecule has 0 saturated heterocycles. The van der Waals surface area contributed by atoms with Crippen molar-refractivity contribution in [3.63, 3.8) is 0 Å². The van der Waals surface area contributed by atoms with Gasteiger partial charge in [0.05, 0.1) is 12.1 Å². The van der Waals surface area contributed by atoms with E-state index in [0.717, 1.165) is 0 Å². The van der Waals surface area contributed by atoms with E-state index in [-0.39, 0.29) is 18.3 Å². The first-order valence-electron chi connectivity index (χ1n) is 7.17. The van der Waals surface area contributed by atoms with E-state index in [9.17, 15) is 14.3 Å². The summed E-state index contributed by atoms with van der Waals surface area (Å²) >= 11 is 0. The fourth-order valence-electron chi connectivity index (χ4n) is 2.46. The van der Waals surface area contributed by atoms with Crippen molar-refractivity contribution in [3.05, 3.63) is 47.8 Å². The molecular weight excluding hydrogens is 269 g/mol. The normalized spacial score (nSPS) is 11.6.